The zero-order chi connectivity index (χ0) is 25.8. The molecule has 0 bridgehead atoms. The highest BCUT2D eigenvalue weighted by molar-refractivity contribution is 5.98. The first-order valence-corrected chi connectivity index (χ1v) is 12.5. The zero-order valence-electron chi connectivity index (χ0n) is 20.8. The molecule has 2 aromatic rings. The van der Waals surface area contributed by atoms with Gasteiger partial charge in [-0.25, -0.2) is 4.98 Å². The molecule has 0 spiro atoms. The van der Waals surface area contributed by atoms with E-state index >= 15 is 0 Å². The summed E-state index contributed by atoms with van der Waals surface area (Å²) >= 11 is 0. The quantitative estimate of drug-likeness (QED) is 0.363. The van der Waals surface area contributed by atoms with Gasteiger partial charge in [0.05, 0.1) is 0 Å². The minimum absolute atomic E-state index is 0.0403. The Kier molecular flexibility index (Phi) is 10.3. The average molecular weight is 494 g/mol. The molecule has 0 aromatic carbocycles. The molecule has 0 unspecified atom stereocenters. The van der Waals surface area contributed by atoms with Gasteiger partial charge < -0.3 is 20.9 Å². The number of amides is 2. The molecule has 0 atom stereocenters. The Morgan fingerprint density at radius 3 is 2.56 bits per heavy atom. The molecule has 3 heterocycles. The van der Waals surface area contributed by atoms with Crippen molar-refractivity contribution in [3.63, 3.8) is 0 Å². The van der Waals surface area contributed by atoms with Crippen LogP contribution in [0, 0.1) is 0 Å². The summed E-state index contributed by atoms with van der Waals surface area (Å²) in [6.45, 7) is 7.91. The molecule has 1 saturated heterocycles. The summed E-state index contributed by atoms with van der Waals surface area (Å²) in [6, 6.07) is 3.89. The number of carbonyl (C=O) groups excluding carboxylic acids is 3. The largest absolute Gasteiger partial charge is 0.369 e. The standard InChI is InChI=1S/C26H35N7O3/c1-3-12-28-24-22(18-30-26(32-24)29-15-9-19-7-13-27-14-8-19)25(36)31-20-10-16-33(17-11-20)23(35)6-5-21(34)4-2/h4,7-8,13-14,18,20H,2-3,5-6,9-12,15-17H2,1H3,(H,31,36)(H2,28,29,30,32). The maximum absolute atomic E-state index is 13.0. The van der Waals surface area contributed by atoms with Crippen LogP contribution in [0.15, 0.2) is 43.4 Å². The number of hydrogen-bond donors (Lipinski definition) is 3. The van der Waals surface area contributed by atoms with E-state index in [-0.39, 0.29) is 36.5 Å². The van der Waals surface area contributed by atoms with E-state index < -0.39 is 0 Å². The van der Waals surface area contributed by atoms with Crippen LogP contribution in [0.2, 0.25) is 0 Å². The topological polar surface area (TPSA) is 129 Å². The van der Waals surface area contributed by atoms with E-state index in [1.807, 2.05) is 19.1 Å². The van der Waals surface area contributed by atoms with Crippen molar-refractivity contribution in [2.24, 2.45) is 0 Å². The molecule has 1 aliphatic heterocycles. The van der Waals surface area contributed by atoms with Crippen LogP contribution < -0.4 is 16.0 Å². The smallest absolute Gasteiger partial charge is 0.256 e. The number of rotatable bonds is 13. The predicted octanol–water partition coefficient (Wildman–Crippen LogP) is 2.60. The fourth-order valence-electron chi connectivity index (χ4n) is 3.91. The number of likely N-dealkylation sites (tertiary alicyclic amines) is 1. The third kappa shape index (κ3) is 8.14. The predicted molar refractivity (Wildman–Crippen MR) is 139 cm³/mol. The Bertz CT molecular complexity index is 1040. The number of aromatic nitrogens is 3. The fourth-order valence-corrected chi connectivity index (χ4v) is 3.91. The van der Waals surface area contributed by atoms with Gasteiger partial charge in [-0.15, -0.1) is 0 Å². The van der Waals surface area contributed by atoms with Crippen molar-refractivity contribution in [1.82, 2.24) is 25.2 Å². The number of piperidine rings is 1. The van der Waals surface area contributed by atoms with Gasteiger partial charge in [0.2, 0.25) is 11.9 Å². The van der Waals surface area contributed by atoms with Gasteiger partial charge in [-0.2, -0.15) is 4.98 Å². The van der Waals surface area contributed by atoms with E-state index in [2.05, 4.69) is 37.5 Å². The Balaban J connectivity index is 1.53. The highest BCUT2D eigenvalue weighted by atomic mass is 16.2. The van der Waals surface area contributed by atoms with Gasteiger partial charge in [0.15, 0.2) is 5.78 Å². The van der Waals surface area contributed by atoms with Crippen molar-refractivity contribution < 1.29 is 14.4 Å². The van der Waals surface area contributed by atoms with Gasteiger partial charge in [0, 0.05) is 63.7 Å². The highest BCUT2D eigenvalue weighted by Gasteiger charge is 2.25. The number of carbonyl (C=O) groups is 3. The third-order valence-electron chi connectivity index (χ3n) is 6.02. The highest BCUT2D eigenvalue weighted by Crippen LogP contribution is 2.17. The molecule has 192 valence electrons. The molecule has 0 radical (unpaired) electrons. The van der Waals surface area contributed by atoms with E-state index in [9.17, 15) is 14.4 Å². The molecular weight excluding hydrogens is 458 g/mol. The molecule has 0 saturated carbocycles. The minimum atomic E-state index is -0.238. The van der Waals surface area contributed by atoms with Gasteiger partial charge >= 0.3 is 0 Å². The molecule has 2 amide bonds. The molecule has 3 N–H and O–H groups in total. The maximum atomic E-state index is 13.0. The van der Waals surface area contributed by atoms with Gasteiger partial charge in [-0.1, -0.05) is 13.5 Å². The van der Waals surface area contributed by atoms with Gasteiger partial charge in [0.25, 0.3) is 5.91 Å². The molecule has 0 aliphatic carbocycles. The van der Waals surface area contributed by atoms with Crippen molar-refractivity contribution in [2.45, 2.75) is 51.5 Å². The summed E-state index contributed by atoms with van der Waals surface area (Å²) in [6.07, 6.45) is 9.69. The monoisotopic (exact) mass is 493 g/mol. The Labute approximate surface area is 212 Å². The van der Waals surface area contributed by atoms with Gasteiger partial charge in [-0.05, 0) is 49.5 Å². The summed E-state index contributed by atoms with van der Waals surface area (Å²) in [5, 5.41) is 9.51. The molecule has 2 aromatic heterocycles. The first-order chi connectivity index (χ1) is 17.5. The Hall–Kier alpha value is -3.82. The minimum Gasteiger partial charge on any atom is -0.369 e. The van der Waals surface area contributed by atoms with Gasteiger partial charge in [0.1, 0.15) is 11.4 Å². The first-order valence-electron chi connectivity index (χ1n) is 12.5. The van der Waals surface area contributed by atoms with Crippen LogP contribution in [0.1, 0.15) is 54.9 Å². The van der Waals surface area contributed by atoms with Crippen molar-refractivity contribution in [3.8, 4) is 0 Å². The number of anilines is 2. The SMILES string of the molecule is C=CC(=O)CCC(=O)N1CCC(NC(=O)c2cnc(NCCc3ccncc3)nc2NCCC)CC1. The van der Waals surface area contributed by atoms with Crippen LogP contribution >= 0.6 is 0 Å². The van der Waals surface area contributed by atoms with Crippen molar-refractivity contribution in [1.29, 1.82) is 0 Å². The number of allylic oxidation sites excluding steroid dienone is 1. The van der Waals surface area contributed by atoms with Crippen LogP contribution in [0.5, 0.6) is 0 Å². The first kappa shape index (κ1) is 26.8. The van der Waals surface area contributed by atoms with Crippen LogP contribution in [-0.4, -0.2) is 69.7 Å². The summed E-state index contributed by atoms with van der Waals surface area (Å²) < 4.78 is 0. The average Bonchev–Trinajstić information content (AvgIpc) is 2.91. The Morgan fingerprint density at radius 2 is 1.86 bits per heavy atom. The van der Waals surface area contributed by atoms with Crippen LogP contribution in [-0.2, 0) is 16.0 Å². The fraction of sp³-hybridized carbons (Fsp3) is 0.462. The number of hydrogen-bond acceptors (Lipinski definition) is 8. The lowest BCUT2D eigenvalue weighted by molar-refractivity contribution is -0.133. The van der Waals surface area contributed by atoms with Crippen molar-refractivity contribution >= 4 is 29.4 Å². The van der Waals surface area contributed by atoms with E-state index in [1.165, 1.54) is 6.08 Å². The molecular formula is C26H35N7O3. The van der Waals surface area contributed by atoms with E-state index in [0.29, 0.717) is 56.4 Å². The zero-order valence-corrected chi connectivity index (χ0v) is 20.8. The summed E-state index contributed by atoms with van der Waals surface area (Å²) in [4.78, 5) is 51.4. The van der Waals surface area contributed by atoms with Crippen LogP contribution in [0.25, 0.3) is 0 Å². The lowest BCUT2D eigenvalue weighted by atomic mass is 10.0. The van der Waals surface area contributed by atoms with E-state index in [0.717, 1.165) is 18.4 Å². The molecule has 1 fully saturated rings. The summed E-state index contributed by atoms with van der Waals surface area (Å²) in [7, 11) is 0. The lowest BCUT2D eigenvalue weighted by Gasteiger charge is -2.32. The molecule has 10 heteroatoms. The number of nitrogens with one attached hydrogen (secondary N) is 3. The second-order valence-electron chi connectivity index (χ2n) is 8.71. The van der Waals surface area contributed by atoms with E-state index in [1.54, 1.807) is 23.5 Å². The number of pyridine rings is 1. The number of nitrogens with zero attached hydrogens (tertiary/aromatic N) is 4. The normalized spacial score (nSPS) is 13.6. The molecule has 10 nitrogen and oxygen atoms in total. The maximum Gasteiger partial charge on any atom is 0.256 e. The van der Waals surface area contributed by atoms with Crippen molar-refractivity contribution in [3.05, 3.63) is 54.5 Å². The molecule has 3 rings (SSSR count). The summed E-state index contributed by atoms with van der Waals surface area (Å²) in [5.74, 6) is 0.547. The van der Waals surface area contributed by atoms with E-state index in [4.69, 9.17) is 0 Å². The molecule has 36 heavy (non-hydrogen) atoms. The van der Waals surface area contributed by atoms with Crippen LogP contribution in [0.4, 0.5) is 11.8 Å². The lowest BCUT2D eigenvalue weighted by Crippen LogP contribution is -2.46. The Morgan fingerprint density at radius 1 is 1.11 bits per heavy atom. The number of ketones is 1. The van der Waals surface area contributed by atoms with Crippen molar-refractivity contribution in [2.75, 3.05) is 36.8 Å². The second kappa shape index (κ2) is 13.9. The second-order valence-corrected chi connectivity index (χ2v) is 8.71. The summed E-state index contributed by atoms with van der Waals surface area (Å²) in [5.41, 5.74) is 1.56. The van der Waals surface area contributed by atoms with Crippen LogP contribution in [0.3, 0.4) is 0 Å². The molecule has 1 aliphatic rings. The third-order valence-corrected chi connectivity index (χ3v) is 6.02. The van der Waals surface area contributed by atoms with Gasteiger partial charge in [-0.3, -0.25) is 19.4 Å².